The number of hydrogen-bond acceptors (Lipinski definition) is 13. The van der Waals surface area contributed by atoms with Gasteiger partial charge in [0.1, 0.15) is 30.0 Å². The molecule has 0 amide bonds. The van der Waals surface area contributed by atoms with Crippen LogP contribution in [0.1, 0.15) is 19.8 Å². The number of hydrogen-bond donors (Lipinski definition) is 9. The zero-order chi connectivity index (χ0) is 25.8. The van der Waals surface area contributed by atoms with E-state index in [4.69, 9.17) is 41.9 Å². The van der Waals surface area contributed by atoms with Crippen molar-refractivity contribution in [1.29, 1.82) is 0 Å². The summed E-state index contributed by atoms with van der Waals surface area (Å²) in [5.74, 6) is 0. The Morgan fingerprint density at radius 3 is 2.06 bits per heavy atom. The predicted octanol–water partition coefficient (Wildman–Crippen LogP) is -3.23. The van der Waals surface area contributed by atoms with E-state index in [1.165, 1.54) is 6.92 Å². The summed E-state index contributed by atoms with van der Waals surface area (Å²) in [4.78, 5) is 0. The second-order valence-electron chi connectivity index (χ2n) is 9.23. The summed E-state index contributed by atoms with van der Waals surface area (Å²) in [6, 6.07) is -3.37. The molecule has 3 rings (SSSR count). The van der Waals surface area contributed by atoms with Crippen molar-refractivity contribution in [2.24, 2.45) is 22.9 Å². The number of aliphatic hydroxyl groups is 4. The standard InChI is InChI=1S/C19H39N5O8.I2/c1-19(28)6-29-18(13(27)16(19)24-2)32-15-10(23)11(25)9(22)14(12(15)26)31-17-8(21)4-3-7(5-20)30-17;1-2/h7-18,24-28H,3-6,20-23H2,1-2H3;/t7?,8?,9-,10+,11?,12?,13?,14?,15-,16+,17+,18+,19-;/m0./s1. The van der Waals surface area contributed by atoms with E-state index in [1.807, 2.05) is 0 Å². The Bertz CT molecular complexity index is 629. The topological polar surface area (TPSA) is 234 Å². The van der Waals surface area contributed by atoms with E-state index in [9.17, 15) is 20.4 Å². The maximum atomic E-state index is 11.0. The number of likely N-dealkylation sites (N-methyl/N-ethyl adjacent to an activating group) is 1. The first kappa shape index (κ1) is 31.2. The summed E-state index contributed by atoms with van der Waals surface area (Å²) in [7, 11) is 1.58. The molecule has 1 saturated carbocycles. The van der Waals surface area contributed by atoms with Gasteiger partial charge >= 0.3 is 0 Å². The van der Waals surface area contributed by atoms with Gasteiger partial charge in [0.2, 0.25) is 0 Å². The van der Waals surface area contributed by atoms with Gasteiger partial charge in [-0.3, -0.25) is 0 Å². The van der Waals surface area contributed by atoms with Gasteiger partial charge in [0.15, 0.2) is 12.6 Å². The zero-order valence-corrected chi connectivity index (χ0v) is 23.6. The molecule has 0 radical (unpaired) electrons. The molecular formula is C19H39I2N5O8. The van der Waals surface area contributed by atoms with E-state index in [0.717, 1.165) is 0 Å². The second-order valence-corrected chi connectivity index (χ2v) is 9.23. The van der Waals surface area contributed by atoms with Crippen LogP contribution in [0.25, 0.3) is 0 Å². The molecule has 0 aromatic heterocycles. The van der Waals surface area contributed by atoms with Crippen LogP contribution in [0.5, 0.6) is 0 Å². The van der Waals surface area contributed by atoms with Crippen LogP contribution in [-0.4, -0.2) is 120 Å². The maximum absolute atomic E-state index is 11.0. The minimum Gasteiger partial charge on any atom is -0.390 e. The van der Waals surface area contributed by atoms with Crippen molar-refractivity contribution in [2.45, 2.75) is 98.7 Å². The Morgan fingerprint density at radius 2 is 1.53 bits per heavy atom. The van der Waals surface area contributed by atoms with Crippen molar-refractivity contribution in [3.8, 4) is 0 Å². The van der Waals surface area contributed by atoms with Gasteiger partial charge < -0.3 is 67.6 Å². The van der Waals surface area contributed by atoms with E-state index < -0.39 is 72.9 Å². The second kappa shape index (κ2) is 13.7. The first-order chi connectivity index (χ1) is 16.0. The number of nitrogens with one attached hydrogen (secondary N) is 1. The highest BCUT2D eigenvalue weighted by Gasteiger charge is 2.53. The van der Waals surface area contributed by atoms with Crippen LogP contribution in [0.4, 0.5) is 0 Å². The van der Waals surface area contributed by atoms with E-state index in [0.29, 0.717) is 19.4 Å². The molecule has 3 fully saturated rings. The van der Waals surface area contributed by atoms with Gasteiger partial charge in [0, 0.05) is 43.8 Å². The van der Waals surface area contributed by atoms with Crippen LogP contribution in [0.3, 0.4) is 0 Å². The number of rotatable bonds is 6. The number of aliphatic hydroxyl groups excluding tert-OH is 3. The molecule has 13 atom stereocenters. The fourth-order valence-electron chi connectivity index (χ4n) is 4.68. The Labute approximate surface area is 222 Å². The summed E-state index contributed by atoms with van der Waals surface area (Å²) >= 11 is 4.24. The van der Waals surface area contributed by atoms with Gasteiger partial charge in [-0.2, -0.15) is 0 Å². The van der Waals surface area contributed by atoms with Crippen molar-refractivity contribution >= 4 is 37.2 Å². The summed E-state index contributed by atoms with van der Waals surface area (Å²) < 4.78 is 23.0. The van der Waals surface area contributed by atoms with Crippen LogP contribution in [0.2, 0.25) is 0 Å². The maximum Gasteiger partial charge on any atom is 0.185 e. The minimum atomic E-state index is -1.39. The van der Waals surface area contributed by atoms with Crippen molar-refractivity contribution in [3.05, 3.63) is 0 Å². The Kier molecular flexibility index (Phi) is 12.5. The highest BCUT2D eigenvalue weighted by atomic mass is 128. The van der Waals surface area contributed by atoms with Crippen LogP contribution < -0.4 is 28.3 Å². The average molecular weight is 719 g/mol. The molecule has 0 aromatic carbocycles. The molecule has 202 valence electrons. The molecule has 2 aliphatic heterocycles. The van der Waals surface area contributed by atoms with Gasteiger partial charge in [-0.25, -0.2) is 0 Å². The van der Waals surface area contributed by atoms with Crippen molar-refractivity contribution in [3.63, 3.8) is 0 Å². The van der Waals surface area contributed by atoms with Gasteiger partial charge in [0.05, 0.1) is 43.0 Å². The first-order valence-electron chi connectivity index (χ1n) is 11.1. The van der Waals surface area contributed by atoms with E-state index in [-0.39, 0.29) is 12.7 Å². The third kappa shape index (κ3) is 6.87. The van der Waals surface area contributed by atoms with E-state index in [1.54, 1.807) is 7.05 Å². The smallest absolute Gasteiger partial charge is 0.185 e. The molecule has 34 heavy (non-hydrogen) atoms. The highest BCUT2D eigenvalue weighted by molar-refractivity contribution is 15.0. The quantitative estimate of drug-likeness (QED) is 0.123. The fourth-order valence-corrected chi connectivity index (χ4v) is 4.68. The van der Waals surface area contributed by atoms with Crippen molar-refractivity contribution in [1.82, 2.24) is 5.32 Å². The molecule has 3 aliphatic rings. The van der Waals surface area contributed by atoms with Crippen LogP contribution in [0.15, 0.2) is 0 Å². The van der Waals surface area contributed by atoms with Gasteiger partial charge in [-0.1, -0.05) is 0 Å². The van der Waals surface area contributed by atoms with Crippen LogP contribution in [0, 0.1) is 0 Å². The molecule has 1 aliphatic carbocycles. The van der Waals surface area contributed by atoms with Gasteiger partial charge in [-0.15, -0.1) is 0 Å². The molecule has 6 unspecified atom stereocenters. The van der Waals surface area contributed by atoms with Crippen molar-refractivity contribution < 1.29 is 39.4 Å². The van der Waals surface area contributed by atoms with Gasteiger partial charge in [-0.05, 0) is 26.8 Å². The number of ether oxygens (including phenoxy) is 4. The SMILES string of the molecule is CN[C@@H]1C(O)[C@@H](O[C@@H]2C(O)C(O[C@H]3OC(CN)CCC3N)[C@@H](N)C(O)[C@H]2N)OC[C@]1(C)O.II. The Hall–Kier alpha value is 0.940. The van der Waals surface area contributed by atoms with Crippen LogP contribution >= 0.6 is 37.2 Å². The monoisotopic (exact) mass is 719 g/mol. The van der Waals surface area contributed by atoms with E-state index >= 15 is 0 Å². The molecule has 2 heterocycles. The van der Waals surface area contributed by atoms with Crippen molar-refractivity contribution in [2.75, 3.05) is 20.2 Å². The normalized spacial score (nSPS) is 49.8. The first-order valence-corrected chi connectivity index (χ1v) is 17.4. The molecule has 13 nitrogen and oxygen atoms in total. The van der Waals surface area contributed by atoms with Gasteiger partial charge in [0.25, 0.3) is 0 Å². The lowest BCUT2D eigenvalue weighted by atomic mass is 9.81. The summed E-state index contributed by atoms with van der Waals surface area (Å²) in [6.07, 6.45) is -7.33. The highest BCUT2D eigenvalue weighted by Crippen LogP contribution is 2.31. The molecule has 13 N–H and O–H groups in total. The summed E-state index contributed by atoms with van der Waals surface area (Å²) in [6.45, 7) is 1.67. The lowest BCUT2D eigenvalue weighted by Gasteiger charge is -2.49. The molecule has 0 bridgehead atoms. The summed E-state index contributed by atoms with van der Waals surface area (Å²) in [5.41, 5.74) is 22.7. The summed E-state index contributed by atoms with van der Waals surface area (Å²) in [5, 5.41) is 45.5. The molecule has 0 aromatic rings. The third-order valence-electron chi connectivity index (χ3n) is 6.71. The molecule has 2 saturated heterocycles. The zero-order valence-electron chi connectivity index (χ0n) is 19.2. The lowest BCUT2D eigenvalue weighted by Crippen LogP contribution is -2.72. The van der Waals surface area contributed by atoms with Crippen LogP contribution in [-0.2, 0) is 18.9 Å². The lowest BCUT2D eigenvalue weighted by molar-refractivity contribution is -0.312. The molecule has 15 heteroatoms. The Morgan fingerprint density at radius 1 is 0.971 bits per heavy atom. The molecule has 0 spiro atoms. The number of halogens is 2. The molecular weight excluding hydrogens is 680 g/mol. The minimum absolute atomic E-state index is 0.133. The van der Waals surface area contributed by atoms with E-state index in [2.05, 4.69) is 42.5 Å². The fraction of sp³-hybridized carbons (Fsp3) is 1.00. The number of nitrogens with two attached hydrogens (primary N) is 4. The average Bonchev–Trinajstić information content (AvgIpc) is 2.82. The predicted molar refractivity (Wildman–Crippen MR) is 140 cm³/mol. The third-order valence-corrected chi connectivity index (χ3v) is 6.71. The largest absolute Gasteiger partial charge is 0.390 e. The Balaban J connectivity index is 0.00000199.